The molecule has 3 rings (SSSR count). The molecule has 0 aromatic heterocycles. The minimum Gasteiger partial charge on any atom is -0.319 e. The largest absolute Gasteiger partial charge is 0.329 e. The second-order valence-corrected chi connectivity index (χ2v) is 8.12. The first-order valence-corrected chi connectivity index (χ1v) is 9.45. The fraction of sp³-hybridized carbons (Fsp3) is 0.600. The number of urea groups is 1. The van der Waals surface area contributed by atoms with Gasteiger partial charge in [0.15, 0.2) is 6.67 Å². The number of benzene rings is 1. The van der Waals surface area contributed by atoms with E-state index in [4.69, 9.17) is 0 Å². The lowest BCUT2D eigenvalue weighted by atomic mass is 9.82. The predicted molar refractivity (Wildman–Crippen MR) is 96.9 cm³/mol. The van der Waals surface area contributed by atoms with Gasteiger partial charge in [-0.2, -0.15) is 0 Å². The molecule has 1 aromatic carbocycles. The van der Waals surface area contributed by atoms with Gasteiger partial charge >= 0.3 is 6.03 Å². The third-order valence-corrected chi connectivity index (χ3v) is 5.52. The van der Waals surface area contributed by atoms with Crippen molar-refractivity contribution in [2.24, 2.45) is 11.8 Å². The van der Waals surface area contributed by atoms with Crippen molar-refractivity contribution in [1.82, 2.24) is 10.2 Å². The summed E-state index contributed by atoms with van der Waals surface area (Å²) in [6.07, 6.45) is 2.94. The van der Waals surface area contributed by atoms with Gasteiger partial charge in [0, 0.05) is 0 Å². The molecular weight excluding hydrogens is 314 g/mol. The van der Waals surface area contributed by atoms with Crippen LogP contribution in [0, 0.1) is 11.8 Å². The zero-order valence-corrected chi connectivity index (χ0v) is 15.5. The number of nitrogens with zero attached hydrogens (tertiary/aromatic N) is 1. The standard InChI is InChI=1S/C20H29N3O2/c1-15(2)13-20(17-7-5-4-6-8-17)18(24)23(19(25)21-20)14-22-11-9-16(3)10-12-22/h4-8,15-16H,9-14H2,1-3H3,(H,21,25)/p+1/t20-/m1/s1. The Bertz CT molecular complexity index is 623. The number of carbonyl (C=O) groups excluding carboxylic acids is 2. The fourth-order valence-electron chi connectivity index (χ4n) is 4.11. The summed E-state index contributed by atoms with van der Waals surface area (Å²) in [6, 6.07) is 9.43. The summed E-state index contributed by atoms with van der Waals surface area (Å²) < 4.78 is 0. The molecule has 2 saturated heterocycles. The van der Waals surface area contributed by atoms with E-state index in [1.807, 2.05) is 30.3 Å². The summed E-state index contributed by atoms with van der Waals surface area (Å²) in [5.74, 6) is 0.951. The second-order valence-electron chi connectivity index (χ2n) is 8.12. The molecule has 0 spiro atoms. The maximum absolute atomic E-state index is 13.3. The topological polar surface area (TPSA) is 53.9 Å². The Morgan fingerprint density at radius 3 is 2.44 bits per heavy atom. The van der Waals surface area contributed by atoms with Crippen LogP contribution in [0.5, 0.6) is 0 Å². The predicted octanol–water partition coefficient (Wildman–Crippen LogP) is 1.75. The van der Waals surface area contributed by atoms with Crippen molar-refractivity contribution in [3.63, 3.8) is 0 Å². The van der Waals surface area contributed by atoms with Crippen molar-refractivity contribution < 1.29 is 14.5 Å². The van der Waals surface area contributed by atoms with Crippen LogP contribution in [-0.4, -0.2) is 36.6 Å². The molecule has 0 radical (unpaired) electrons. The highest BCUT2D eigenvalue weighted by molar-refractivity contribution is 6.07. The van der Waals surface area contributed by atoms with E-state index in [9.17, 15) is 9.59 Å². The Kier molecular flexibility index (Phi) is 5.13. The number of likely N-dealkylation sites (tertiary alicyclic amines) is 1. The molecule has 0 saturated carbocycles. The first kappa shape index (κ1) is 17.9. The van der Waals surface area contributed by atoms with Crippen molar-refractivity contribution in [3.8, 4) is 0 Å². The SMILES string of the molecule is CC(C)C[C@]1(c2ccccc2)NC(=O)N(C[NH+]2CCC(C)CC2)C1=O. The molecule has 5 heteroatoms. The molecule has 1 atom stereocenters. The summed E-state index contributed by atoms with van der Waals surface area (Å²) in [5.41, 5.74) is -0.0403. The van der Waals surface area contributed by atoms with Crippen LogP contribution < -0.4 is 10.2 Å². The third kappa shape index (κ3) is 3.56. The monoisotopic (exact) mass is 344 g/mol. The van der Waals surface area contributed by atoms with Crippen LogP contribution >= 0.6 is 0 Å². The van der Waals surface area contributed by atoms with Gasteiger partial charge in [-0.3, -0.25) is 4.79 Å². The maximum Gasteiger partial charge on any atom is 0.329 e. The Balaban J connectivity index is 1.83. The smallest absolute Gasteiger partial charge is 0.319 e. The number of amides is 3. The summed E-state index contributed by atoms with van der Waals surface area (Å²) in [5, 5.41) is 3.04. The average Bonchev–Trinajstić information content (AvgIpc) is 2.82. The van der Waals surface area contributed by atoms with Crippen molar-refractivity contribution >= 4 is 11.9 Å². The zero-order valence-electron chi connectivity index (χ0n) is 15.5. The van der Waals surface area contributed by atoms with Gasteiger partial charge < -0.3 is 10.2 Å². The molecule has 136 valence electrons. The van der Waals surface area contributed by atoms with Crippen molar-refractivity contribution in [2.75, 3.05) is 19.8 Å². The van der Waals surface area contributed by atoms with E-state index in [1.54, 1.807) is 0 Å². The molecular formula is C20H30N3O2+. The highest BCUT2D eigenvalue weighted by Gasteiger charge is 2.53. The Morgan fingerprint density at radius 1 is 1.20 bits per heavy atom. The molecule has 1 aromatic rings. The molecule has 5 nitrogen and oxygen atoms in total. The minimum absolute atomic E-state index is 0.0940. The lowest BCUT2D eigenvalue weighted by Gasteiger charge is -2.31. The molecule has 2 aliphatic rings. The summed E-state index contributed by atoms with van der Waals surface area (Å²) >= 11 is 0. The van der Waals surface area contributed by atoms with Crippen LogP contribution in [-0.2, 0) is 10.3 Å². The Morgan fingerprint density at radius 2 is 1.84 bits per heavy atom. The number of carbonyl (C=O) groups is 2. The van der Waals surface area contributed by atoms with E-state index in [0.717, 1.165) is 37.4 Å². The van der Waals surface area contributed by atoms with Crippen LogP contribution in [0.1, 0.15) is 45.6 Å². The van der Waals surface area contributed by atoms with Crippen molar-refractivity contribution in [1.29, 1.82) is 0 Å². The van der Waals surface area contributed by atoms with Gasteiger partial charge in [-0.15, -0.1) is 0 Å². The van der Waals surface area contributed by atoms with Gasteiger partial charge in [0.25, 0.3) is 5.91 Å². The fourth-order valence-corrected chi connectivity index (χ4v) is 4.11. The summed E-state index contributed by atoms with van der Waals surface area (Å²) in [7, 11) is 0. The highest BCUT2D eigenvalue weighted by Crippen LogP contribution is 2.34. The van der Waals surface area contributed by atoms with Crippen LogP contribution in [0.3, 0.4) is 0 Å². The lowest BCUT2D eigenvalue weighted by Crippen LogP contribution is -3.14. The third-order valence-electron chi connectivity index (χ3n) is 5.52. The number of nitrogens with one attached hydrogen (secondary N) is 2. The Labute approximate surface area is 150 Å². The molecule has 3 amide bonds. The van der Waals surface area contributed by atoms with Crippen LogP contribution in [0.25, 0.3) is 0 Å². The van der Waals surface area contributed by atoms with Gasteiger partial charge in [0.2, 0.25) is 0 Å². The molecule has 0 unspecified atom stereocenters. The quantitative estimate of drug-likeness (QED) is 0.800. The Hall–Kier alpha value is -1.88. The van der Waals surface area contributed by atoms with Crippen molar-refractivity contribution in [3.05, 3.63) is 35.9 Å². The highest BCUT2D eigenvalue weighted by atomic mass is 16.2. The first-order chi connectivity index (χ1) is 11.9. The number of rotatable bonds is 5. The molecule has 2 fully saturated rings. The lowest BCUT2D eigenvalue weighted by molar-refractivity contribution is -0.913. The molecule has 25 heavy (non-hydrogen) atoms. The summed E-state index contributed by atoms with van der Waals surface area (Å²) in [6.45, 7) is 8.98. The number of hydrogen-bond acceptors (Lipinski definition) is 2. The van der Waals surface area contributed by atoms with Crippen LogP contribution in [0.15, 0.2) is 30.3 Å². The van der Waals surface area contributed by atoms with Gasteiger partial charge in [-0.25, -0.2) is 9.69 Å². The van der Waals surface area contributed by atoms with Gasteiger partial charge in [-0.05, 0) is 36.7 Å². The van der Waals surface area contributed by atoms with E-state index >= 15 is 0 Å². The van der Waals surface area contributed by atoms with E-state index in [1.165, 1.54) is 9.80 Å². The van der Waals surface area contributed by atoms with Gasteiger partial charge in [0.1, 0.15) is 5.54 Å². The molecule has 0 aliphatic carbocycles. The molecule has 2 heterocycles. The maximum atomic E-state index is 13.3. The van der Waals surface area contributed by atoms with Crippen LogP contribution in [0.4, 0.5) is 4.79 Å². The second kappa shape index (κ2) is 7.16. The number of quaternary nitrogens is 1. The molecule has 2 N–H and O–H groups in total. The van der Waals surface area contributed by atoms with E-state index in [0.29, 0.717) is 19.0 Å². The van der Waals surface area contributed by atoms with E-state index < -0.39 is 5.54 Å². The van der Waals surface area contributed by atoms with Gasteiger partial charge in [-0.1, -0.05) is 51.1 Å². The van der Waals surface area contributed by atoms with Crippen molar-refractivity contribution in [2.45, 2.75) is 45.6 Å². The minimum atomic E-state index is -0.922. The normalized spacial score (nSPS) is 30.0. The number of piperidine rings is 1. The molecule has 0 bridgehead atoms. The van der Waals surface area contributed by atoms with E-state index in [2.05, 4.69) is 26.1 Å². The number of imide groups is 1. The van der Waals surface area contributed by atoms with Gasteiger partial charge in [0.05, 0.1) is 13.1 Å². The first-order valence-electron chi connectivity index (χ1n) is 9.45. The number of hydrogen-bond donors (Lipinski definition) is 2. The van der Waals surface area contributed by atoms with Crippen LogP contribution in [0.2, 0.25) is 0 Å². The average molecular weight is 344 g/mol. The summed E-state index contributed by atoms with van der Waals surface area (Å²) in [4.78, 5) is 28.8. The van der Waals surface area contributed by atoms with E-state index in [-0.39, 0.29) is 11.9 Å². The molecule has 2 aliphatic heterocycles. The zero-order chi connectivity index (χ0) is 18.0.